The molecule has 2 N–H and O–H groups in total. The molecular formula is C18H23N3O. The van der Waals surface area contributed by atoms with Crippen LogP contribution >= 0.6 is 0 Å². The fourth-order valence-corrected chi connectivity index (χ4v) is 2.39. The summed E-state index contributed by atoms with van der Waals surface area (Å²) in [5, 5.41) is 6.17. The summed E-state index contributed by atoms with van der Waals surface area (Å²) in [5.74, 6) is -0.0291. The molecule has 0 radical (unpaired) electrons. The fraction of sp³-hybridized carbons (Fsp3) is 0.333. The maximum Gasteiger partial charge on any atom is 0.239 e. The lowest BCUT2D eigenvalue weighted by atomic mass is 10.0. The Morgan fingerprint density at radius 2 is 1.77 bits per heavy atom. The Kier molecular flexibility index (Phi) is 5.95. The maximum atomic E-state index is 12.0. The third-order valence-corrected chi connectivity index (χ3v) is 3.62. The predicted molar refractivity (Wildman–Crippen MR) is 89.8 cm³/mol. The molecular weight excluding hydrogens is 274 g/mol. The van der Waals surface area contributed by atoms with Gasteiger partial charge in [-0.15, -0.1) is 0 Å². The van der Waals surface area contributed by atoms with Gasteiger partial charge in [0.15, 0.2) is 0 Å². The highest BCUT2D eigenvalue weighted by molar-refractivity contribution is 5.81. The summed E-state index contributed by atoms with van der Waals surface area (Å²) in [7, 11) is 0. The van der Waals surface area contributed by atoms with Gasteiger partial charge >= 0.3 is 0 Å². The van der Waals surface area contributed by atoms with E-state index in [1.54, 1.807) is 6.20 Å². The number of anilines is 1. The molecule has 0 saturated heterocycles. The zero-order valence-electron chi connectivity index (χ0n) is 13.2. The number of hydrogen-bond acceptors (Lipinski definition) is 3. The van der Waals surface area contributed by atoms with Crippen molar-refractivity contribution in [3.63, 3.8) is 0 Å². The molecule has 22 heavy (non-hydrogen) atoms. The van der Waals surface area contributed by atoms with Crippen LogP contribution in [0.2, 0.25) is 0 Å². The Morgan fingerprint density at radius 1 is 1.05 bits per heavy atom. The van der Waals surface area contributed by atoms with Gasteiger partial charge in [0.2, 0.25) is 5.91 Å². The van der Waals surface area contributed by atoms with Gasteiger partial charge in [-0.05, 0) is 36.1 Å². The highest BCUT2D eigenvalue weighted by atomic mass is 16.1. The molecule has 4 nitrogen and oxygen atoms in total. The van der Waals surface area contributed by atoms with Gasteiger partial charge in [-0.2, -0.15) is 0 Å². The number of aromatic nitrogens is 1. The minimum Gasteiger partial charge on any atom is -0.376 e. The third-order valence-electron chi connectivity index (χ3n) is 3.62. The summed E-state index contributed by atoms with van der Waals surface area (Å²) < 4.78 is 0. The van der Waals surface area contributed by atoms with E-state index < -0.39 is 0 Å². The molecule has 4 heteroatoms. The van der Waals surface area contributed by atoms with Crippen molar-refractivity contribution >= 4 is 11.6 Å². The van der Waals surface area contributed by atoms with Crippen LogP contribution in [0.25, 0.3) is 0 Å². The van der Waals surface area contributed by atoms with E-state index in [9.17, 15) is 4.79 Å². The number of carbonyl (C=O) groups excluding carboxylic acids is 1. The summed E-state index contributed by atoms with van der Waals surface area (Å²) in [6, 6.07) is 12.0. The Hall–Kier alpha value is -2.36. The third kappa shape index (κ3) is 4.32. The molecule has 0 spiro atoms. The predicted octanol–water partition coefficient (Wildman–Crippen LogP) is 2.93. The monoisotopic (exact) mass is 297 g/mol. The van der Waals surface area contributed by atoms with E-state index in [2.05, 4.69) is 47.7 Å². The highest BCUT2D eigenvalue weighted by Crippen LogP contribution is 2.22. The average Bonchev–Trinajstić information content (AvgIpc) is 2.58. The van der Waals surface area contributed by atoms with E-state index in [1.165, 1.54) is 11.1 Å². The molecule has 0 aliphatic heterocycles. The first kappa shape index (κ1) is 16.0. The van der Waals surface area contributed by atoms with Crippen LogP contribution in [-0.4, -0.2) is 17.4 Å². The second-order valence-corrected chi connectivity index (χ2v) is 5.11. The van der Waals surface area contributed by atoms with Crippen molar-refractivity contribution in [2.45, 2.75) is 33.2 Å². The molecule has 1 heterocycles. The summed E-state index contributed by atoms with van der Waals surface area (Å²) in [6.45, 7) is 4.98. The van der Waals surface area contributed by atoms with Crippen molar-refractivity contribution in [1.29, 1.82) is 0 Å². The number of benzene rings is 1. The summed E-state index contributed by atoms with van der Waals surface area (Å²) in [6.07, 6.45) is 3.63. The molecule has 0 fully saturated rings. The van der Waals surface area contributed by atoms with E-state index in [0.29, 0.717) is 6.54 Å². The standard InChI is InChI=1S/C18H23N3O/c1-3-14-8-7-9-15(4-2)18(14)21-13-17(22)20-12-16-10-5-6-11-19-16/h5-11,21H,3-4,12-13H2,1-2H3,(H,20,22). The number of para-hydroxylation sites is 1. The molecule has 0 aliphatic rings. The first-order valence-electron chi connectivity index (χ1n) is 7.75. The van der Waals surface area contributed by atoms with Crippen molar-refractivity contribution < 1.29 is 4.79 Å². The number of aryl methyl sites for hydroxylation is 2. The molecule has 0 bridgehead atoms. The largest absolute Gasteiger partial charge is 0.376 e. The van der Waals surface area contributed by atoms with E-state index >= 15 is 0 Å². The summed E-state index contributed by atoms with van der Waals surface area (Å²) >= 11 is 0. The van der Waals surface area contributed by atoms with Gasteiger partial charge in [-0.3, -0.25) is 9.78 Å². The normalized spacial score (nSPS) is 10.3. The Bertz CT molecular complexity index is 589. The molecule has 0 atom stereocenters. The Morgan fingerprint density at radius 3 is 2.36 bits per heavy atom. The quantitative estimate of drug-likeness (QED) is 0.826. The summed E-state index contributed by atoms with van der Waals surface area (Å²) in [4.78, 5) is 16.2. The molecule has 1 aromatic carbocycles. The van der Waals surface area contributed by atoms with Gasteiger partial charge in [0, 0.05) is 11.9 Å². The Balaban J connectivity index is 1.91. The number of nitrogens with one attached hydrogen (secondary N) is 2. The van der Waals surface area contributed by atoms with Crippen LogP contribution in [0.5, 0.6) is 0 Å². The van der Waals surface area contributed by atoms with Gasteiger partial charge in [0.05, 0.1) is 18.8 Å². The average molecular weight is 297 g/mol. The minimum absolute atomic E-state index is 0.0291. The number of amides is 1. The fourth-order valence-electron chi connectivity index (χ4n) is 2.39. The number of hydrogen-bond donors (Lipinski definition) is 2. The van der Waals surface area contributed by atoms with Crippen molar-refractivity contribution in [3.05, 3.63) is 59.4 Å². The molecule has 2 aromatic rings. The zero-order valence-corrected chi connectivity index (χ0v) is 13.2. The second kappa shape index (κ2) is 8.17. The van der Waals surface area contributed by atoms with Crippen molar-refractivity contribution in [1.82, 2.24) is 10.3 Å². The minimum atomic E-state index is -0.0291. The Labute approximate surface area is 132 Å². The van der Waals surface area contributed by atoms with E-state index in [-0.39, 0.29) is 12.5 Å². The van der Waals surface area contributed by atoms with Gasteiger partial charge in [-0.25, -0.2) is 0 Å². The molecule has 116 valence electrons. The maximum absolute atomic E-state index is 12.0. The lowest BCUT2D eigenvalue weighted by Crippen LogP contribution is -2.30. The van der Waals surface area contributed by atoms with Gasteiger partial charge < -0.3 is 10.6 Å². The van der Waals surface area contributed by atoms with Crippen LogP contribution < -0.4 is 10.6 Å². The SMILES string of the molecule is CCc1cccc(CC)c1NCC(=O)NCc1ccccn1. The first-order valence-corrected chi connectivity index (χ1v) is 7.75. The van der Waals surface area contributed by atoms with Crippen molar-refractivity contribution in [2.75, 3.05) is 11.9 Å². The topological polar surface area (TPSA) is 54.0 Å². The van der Waals surface area contributed by atoms with E-state index in [0.717, 1.165) is 24.2 Å². The lowest BCUT2D eigenvalue weighted by molar-refractivity contribution is -0.119. The van der Waals surface area contributed by atoms with Crippen LogP contribution in [0, 0.1) is 0 Å². The number of nitrogens with zero attached hydrogens (tertiary/aromatic N) is 1. The van der Waals surface area contributed by atoms with Crippen LogP contribution in [0.4, 0.5) is 5.69 Å². The van der Waals surface area contributed by atoms with Crippen molar-refractivity contribution in [3.8, 4) is 0 Å². The van der Waals surface area contributed by atoms with Crippen LogP contribution in [0.15, 0.2) is 42.6 Å². The molecule has 1 amide bonds. The van der Waals surface area contributed by atoms with Gasteiger partial charge in [0.25, 0.3) is 0 Å². The summed E-state index contributed by atoms with van der Waals surface area (Å²) in [5.41, 5.74) is 4.45. The number of carbonyl (C=O) groups is 1. The molecule has 0 saturated carbocycles. The smallest absolute Gasteiger partial charge is 0.239 e. The van der Waals surface area contributed by atoms with Crippen LogP contribution in [0.3, 0.4) is 0 Å². The van der Waals surface area contributed by atoms with Gasteiger partial charge in [-0.1, -0.05) is 38.1 Å². The molecule has 1 aromatic heterocycles. The van der Waals surface area contributed by atoms with E-state index in [4.69, 9.17) is 0 Å². The highest BCUT2D eigenvalue weighted by Gasteiger charge is 2.08. The van der Waals surface area contributed by atoms with Crippen LogP contribution in [-0.2, 0) is 24.2 Å². The second-order valence-electron chi connectivity index (χ2n) is 5.11. The van der Waals surface area contributed by atoms with Crippen LogP contribution in [0.1, 0.15) is 30.7 Å². The number of rotatable bonds is 7. The van der Waals surface area contributed by atoms with Gasteiger partial charge in [0.1, 0.15) is 0 Å². The first-order chi connectivity index (χ1) is 10.7. The molecule has 0 aliphatic carbocycles. The molecule has 0 unspecified atom stereocenters. The zero-order chi connectivity index (χ0) is 15.8. The lowest BCUT2D eigenvalue weighted by Gasteiger charge is -2.15. The molecule has 2 rings (SSSR count). The number of pyridine rings is 1. The van der Waals surface area contributed by atoms with Crippen molar-refractivity contribution in [2.24, 2.45) is 0 Å². The van der Waals surface area contributed by atoms with E-state index in [1.807, 2.05) is 18.2 Å².